The predicted molar refractivity (Wildman–Crippen MR) is 285 cm³/mol. The topological polar surface area (TPSA) is 168 Å². The Kier molecular flexibility index (Phi) is 16.7. The minimum absolute atomic E-state index is 0.00207. The quantitative estimate of drug-likeness (QED) is 0.0669. The van der Waals surface area contributed by atoms with E-state index in [9.17, 15) is 39.6 Å². The van der Waals surface area contributed by atoms with Crippen LogP contribution in [0.3, 0.4) is 0 Å². The van der Waals surface area contributed by atoms with Gasteiger partial charge in [0, 0.05) is 0 Å². The Labute approximate surface area is 440 Å². The van der Waals surface area contributed by atoms with Gasteiger partial charge in [-0.2, -0.15) is 0 Å². The maximum atomic E-state index is 13.0. The first-order chi connectivity index (χ1) is 34.8. The van der Waals surface area contributed by atoms with Crippen molar-refractivity contribution in [3.05, 3.63) is 133 Å². The second kappa shape index (κ2) is 22.7. The van der Waals surface area contributed by atoms with Gasteiger partial charge < -0.3 is 29.9 Å². The highest BCUT2D eigenvalue weighted by Gasteiger charge is 2.60. The fraction of sp³-hybridized carbons (Fsp3) is 0.508. The van der Waals surface area contributed by atoms with Gasteiger partial charge in [-0.25, -0.2) is 19.2 Å². The second-order valence-electron chi connectivity index (χ2n) is 22.9. The Bertz CT molecular complexity index is 2610. The van der Waals surface area contributed by atoms with Crippen molar-refractivity contribution in [1.82, 2.24) is 0 Å². The normalized spacial score (nSPS) is 25.7. The standard InChI is InChI=1S/C61H72Cl2O10/c1-35(2)10-6-11-36(3)49-20-21-50-46-19-18-44-28-37(22-24-60(44,4)51(46)23-25-61(49,50)5)12-9-17-45(42-29-47(58(68)69)54(52(62)31-42)72-33-38-13-7-15-40(26-38)56(64)65)43-30-48(59(70)71)55(53(63)32-43)73-34-39-14-8-16-41(27-39)57(66)67/h7-8,13-17,26-27,29-32,35-37,44,46,49-51H,6,9-12,18-25,28,33-34H2,1-5H3,(H,64,65)(H,66,67)(H,68,69)(H,70,71)/t36?,37-,44-,46-,49+,50-,51-,60-,61+/m0/s1. The Morgan fingerprint density at radius 3 is 1.73 bits per heavy atom. The Morgan fingerprint density at radius 2 is 1.19 bits per heavy atom. The van der Waals surface area contributed by atoms with Crippen LogP contribution in [0.4, 0.5) is 0 Å². The van der Waals surface area contributed by atoms with Crippen molar-refractivity contribution in [3.63, 3.8) is 0 Å². The molecule has 0 saturated heterocycles. The molecular weight excluding hydrogens is 964 g/mol. The highest BCUT2D eigenvalue weighted by Crippen LogP contribution is 2.69. The first-order valence-electron chi connectivity index (χ1n) is 26.5. The SMILES string of the molecule is CC(C)CCCC(C)[C@H]1CC[C@H]2[C@@H]3CC[C@H]4C[C@@H](CCC=C(c5cc(Cl)c(OCc6cccc(C(=O)O)c6)c(C(=O)O)c5)c5cc(Cl)c(OCc6cccc(C(=O)O)c6)c(C(=O)O)c5)CC[C@]4(C)[C@H]3CC[C@]12C. The molecule has 4 aromatic carbocycles. The minimum atomic E-state index is -1.31. The molecule has 0 spiro atoms. The third-order valence-corrected chi connectivity index (χ3v) is 18.7. The van der Waals surface area contributed by atoms with E-state index in [-0.39, 0.29) is 57.0 Å². The van der Waals surface area contributed by atoms with Crippen LogP contribution in [-0.2, 0) is 13.2 Å². The lowest BCUT2D eigenvalue weighted by molar-refractivity contribution is -0.121. The molecule has 0 amide bonds. The van der Waals surface area contributed by atoms with Crippen molar-refractivity contribution < 1.29 is 49.1 Å². The monoisotopic (exact) mass is 1030 g/mol. The number of ether oxygens (including phenoxy) is 2. The first kappa shape index (κ1) is 54.0. The summed E-state index contributed by atoms with van der Waals surface area (Å²) in [5.41, 5.74) is 2.80. The summed E-state index contributed by atoms with van der Waals surface area (Å²) in [5.74, 6) is 0.960. The number of aromatic carboxylic acids is 4. The molecule has 4 fully saturated rings. The Balaban J connectivity index is 1.04. The molecule has 0 radical (unpaired) electrons. The van der Waals surface area contributed by atoms with Gasteiger partial charge >= 0.3 is 23.9 Å². The lowest BCUT2D eigenvalue weighted by atomic mass is 9.44. The third-order valence-electron chi connectivity index (χ3n) is 18.2. The average molecular weight is 1040 g/mol. The predicted octanol–water partition coefficient (Wildman–Crippen LogP) is 15.9. The van der Waals surface area contributed by atoms with Gasteiger partial charge in [0.15, 0.2) is 11.5 Å². The summed E-state index contributed by atoms with van der Waals surface area (Å²) >= 11 is 13.8. The van der Waals surface area contributed by atoms with E-state index in [2.05, 4.69) is 34.6 Å². The van der Waals surface area contributed by atoms with Crippen LogP contribution in [0.2, 0.25) is 10.0 Å². The largest absolute Gasteiger partial charge is 0.486 e. The van der Waals surface area contributed by atoms with Crippen LogP contribution in [0.25, 0.3) is 5.57 Å². The van der Waals surface area contributed by atoms with Crippen LogP contribution in [0, 0.1) is 58.2 Å². The summed E-state index contributed by atoms with van der Waals surface area (Å²) in [7, 11) is 0. The van der Waals surface area contributed by atoms with Gasteiger partial charge in [-0.3, -0.25) is 0 Å². The average Bonchev–Trinajstić information content (AvgIpc) is 3.71. The van der Waals surface area contributed by atoms with Gasteiger partial charge in [-0.1, -0.05) is 107 Å². The lowest BCUT2D eigenvalue weighted by Gasteiger charge is -2.61. The molecule has 4 aliphatic carbocycles. The number of carboxylic acids is 4. The van der Waals surface area contributed by atoms with Crippen LogP contribution >= 0.6 is 23.2 Å². The van der Waals surface area contributed by atoms with Crippen molar-refractivity contribution in [3.8, 4) is 11.5 Å². The maximum absolute atomic E-state index is 13.0. The number of carbonyl (C=O) groups is 4. The third kappa shape index (κ3) is 11.7. The molecule has 1 unspecified atom stereocenters. The second-order valence-corrected chi connectivity index (χ2v) is 23.7. The summed E-state index contributed by atoms with van der Waals surface area (Å²) in [4.78, 5) is 49.2. The number of benzene rings is 4. The van der Waals surface area contributed by atoms with E-state index in [1.165, 1.54) is 107 Å². The van der Waals surface area contributed by atoms with Crippen molar-refractivity contribution >= 4 is 52.7 Å². The van der Waals surface area contributed by atoms with Crippen LogP contribution < -0.4 is 9.47 Å². The first-order valence-corrected chi connectivity index (χ1v) is 27.3. The number of fused-ring (bicyclic) bond motifs is 5. The lowest BCUT2D eigenvalue weighted by Crippen LogP contribution is -2.53. The van der Waals surface area contributed by atoms with Crippen molar-refractivity contribution in [2.45, 2.75) is 138 Å². The van der Waals surface area contributed by atoms with Gasteiger partial charge in [0.1, 0.15) is 24.3 Å². The molecule has 8 rings (SSSR count). The van der Waals surface area contributed by atoms with Crippen LogP contribution in [0.1, 0.15) is 188 Å². The molecule has 0 aromatic heterocycles. The number of rotatable bonds is 20. The van der Waals surface area contributed by atoms with Gasteiger partial charge in [-0.15, -0.1) is 0 Å². The fourth-order valence-corrected chi connectivity index (χ4v) is 15.1. The van der Waals surface area contributed by atoms with Gasteiger partial charge in [0.2, 0.25) is 0 Å². The van der Waals surface area contributed by atoms with Gasteiger partial charge in [0.25, 0.3) is 0 Å². The zero-order valence-corrected chi connectivity index (χ0v) is 44.4. The fourth-order valence-electron chi connectivity index (χ4n) is 14.5. The van der Waals surface area contributed by atoms with Crippen molar-refractivity contribution in [1.29, 1.82) is 0 Å². The zero-order chi connectivity index (χ0) is 52.4. The number of allylic oxidation sites excluding steroid dienone is 1. The molecule has 4 N–H and O–H groups in total. The van der Waals surface area contributed by atoms with E-state index in [0.717, 1.165) is 48.3 Å². The summed E-state index contributed by atoms with van der Waals surface area (Å²) in [6.07, 6.45) is 19.2. The molecular formula is C61H72Cl2O10. The van der Waals surface area contributed by atoms with Crippen LogP contribution in [0.15, 0.2) is 78.9 Å². The zero-order valence-electron chi connectivity index (χ0n) is 42.9. The summed E-state index contributed by atoms with van der Waals surface area (Å²) in [6, 6.07) is 18.4. The minimum Gasteiger partial charge on any atom is -0.486 e. The molecule has 9 atom stereocenters. The van der Waals surface area contributed by atoms with Crippen LogP contribution in [-0.4, -0.2) is 44.3 Å². The Morgan fingerprint density at radius 1 is 0.644 bits per heavy atom. The summed E-state index contributed by atoms with van der Waals surface area (Å²) in [5, 5.41) is 40.1. The highest BCUT2D eigenvalue weighted by molar-refractivity contribution is 6.33. The van der Waals surface area contributed by atoms with E-state index in [4.69, 9.17) is 32.7 Å². The van der Waals surface area contributed by atoms with E-state index in [1.807, 2.05) is 6.08 Å². The number of carboxylic acid groups (broad SMARTS) is 4. The molecule has 390 valence electrons. The number of hydrogen-bond acceptors (Lipinski definition) is 6. The van der Waals surface area contributed by atoms with Crippen molar-refractivity contribution in [2.24, 2.45) is 58.2 Å². The molecule has 10 nitrogen and oxygen atoms in total. The Hall–Kier alpha value is -5.32. The van der Waals surface area contributed by atoms with E-state index in [1.54, 1.807) is 36.4 Å². The number of halogens is 2. The van der Waals surface area contributed by atoms with E-state index < -0.39 is 23.9 Å². The molecule has 0 aliphatic heterocycles. The van der Waals surface area contributed by atoms with E-state index >= 15 is 0 Å². The maximum Gasteiger partial charge on any atom is 0.339 e. The summed E-state index contributed by atoms with van der Waals surface area (Å²) in [6.45, 7) is 12.2. The highest BCUT2D eigenvalue weighted by atomic mass is 35.5. The molecule has 0 heterocycles. The van der Waals surface area contributed by atoms with E-state index in [0.29, 0.717) is 56.9 Å². The van der Waals surface area contributed by atoms with Crippen LogP contribution in [0.5, 0.6) is 11.5 Å². The van der Waals surface area contributed by atoms with Gasteiger partial charge in [-0.05, 0) is 205 Å². The summed E-state index contributed by atoms with van der Waals surface area (Å²) < 4.78 is 12.0. The number of hydrogen-bond donors (Lipinski definition) is 4. The molecule has 73 heavy (non-hydrogen) atoms. The molecule has 0 bridgehead atoms. The molecule has 4 saturated carbocycles. The smallest absolute Gasteiger partial charge is 0.339 e. The molecule has 4 aliphatic rings. The molecule has 4 aromatic rings. The van der Waals surface area contributed by atoms with Gasteiger partial charge in [0.05, 0.1) is 21.2 Å². The molecule has 12 heteroatoms. The van der Waals surface area contributed by atoms with Crippen molar-refractivity contribution in [2.75, 3.05) is 0 Å².